The van der Waals surface area contributed by atoms with E-state index in [0.29, 0.717) is 10.8 Å². The molecule has 1 aromatic heterocycles. The number of anilines is 1. The Morgan fingerprint density at radius 2 is 2.30 bits per heavy atom. The van der Waals surface area contributed by atoms with Crippen molar-refractivity contribution >= 4 is 28.7 Å². The summed E-state index contributed by atoms with van der Waals surface area (Å²) >= 11 is 1.40. The van der Waals surface area contributed by atoms with E-state index in [0.717, 1.165) is 11.1 Å². The highest BCUT2D eigenvalue weighted by Gasteiger charge is 2.06. The second kappa shape index (κ2) is 6.81. The number of hydrogen-bond acceptors (Lipinski definition) is 6. The fourth-order valence-electron chi connectivity index (χ4n) is 1.55. The normalized spacial score (nSPS) is 10.7. The molecule has 5 nitrogen and oxygen atoms in total. The summed E-state index contributed by atoms with van der Waals surface area (Å²) in [7, 11) is 1.36. The van der Waals surface area contributed by atoms with E-state index in [4.69, 9.17) is 0 Å². The largest absolute Gasteiger partial charge is 0.469 e. The second-order valence-electron chi connectivity index (χ2n) is 4.12. The number of aromatic nitrogens is 1. The lowest BCUT2D eigenvalue weighted by molar-refractivity contribution is -0.139. The molecule has 0 radical (unpaired) electrons. The Balaban J connectivity index is 1.94. The number of aryl methyl sites for hydroxylation is 1. The van der Waals surface area contributed by atoms with Crippen LogP contribution in [0.1, 0.15) is 16.8 Å². The highest BCUT2D eigenvalue weighted by molar-refractivity contribution is 7.13. The molecule has 0 saturated carbocycles. The standard InChI is InChI=1S/C14H15N3O2S/c1-10-5-3-4-6-11(10)8-15-17-14-16-12(9-20-14)7-13(18)19-2/h3-6,8-9H,7H2,1-2H3,(H,16,17)/b15-8-. The predicted molar refractivity (Wildman–Crippen MR) is 80.2 cm³/mol. The highest BCUT2D eigenvalue weighted by atomic mass is 32.1. The van der Waals surface area contributed by atoms with Crippen LogP contribution in [0.4, 0.5) is 5.13 Å². The lowest BCUT2D eigenvalue weighted by Gasteiger charge is -1.98. The van der Waals surface area contributed by atoms with Crippen LogP contribution in [0.3, 0.4) is 0 Å². The number of rotatable bonds is 5. The zero-order chi connectivity index (χ0) is 14.4. The first-order valence-corrected chi connectivity index (χ1v) is 6.93. The number of benzene rings is 1. The monoisotopic (exact) mass is 289 g/mol. The van der Waals surface area contributed by atoms with Gasteiger partial charge in [0.05, 0.1) is 25.4 Å². The summed E-state index contributed by atoms with van der Waals surface area (Å²) in [5.74, 6) is -0.301. The molecule has 104 valence electrons. The van der Waals surface area contributed by atoms with E-state index in [1.807, 2.05) is 36.6 Å². The van der Waals surface area contributed by atoms with Gasteiger partial charge in [-0.15, -0.1) is 11.3 Å². The highest BCUT2D eigenvalue weighted by Crippen LogP contribution is 2.16. The Kier molecular flexibility index (Phi) is 4.84. The number of carbonyl (C=O) groups is 1. The van der Waals surface area contributed by atoms with Gasteiger partial charge >= 0.3 is 5.97 Å². The molecular formula is C14H15N3O2S. The Morgan fingerprint density at radius 1 is 1.50 bits per heavy atom. The number of hydrogen-bond donors (Lipinski definition) is 1. The molecule has 0 saturated heterocycles. The minimum absolute atomic E-state index is 0.177. The van der Waals surface area contributed by atoms with Crippen molar-refractivity contribution in [2.24, 2.45) is 5.10 Å². The number of nitrogens with one attached hydrogen (secondary N) is 1. The zero-order valence-electron chi connectivity index (χ0n) is 11.3. The number of carbonyl (C=O) groups excluding carboxylic acids is 1. The van der Waals surface area contributed by atoms with Gasteiger partial charge in [-0.25, -0.2) is 4.98 Å². The molecular weight excluding hydrogens is 274 g/mol. The average Bonchev–Trinajstić information content (AvgIpc) is 2.88. The minimum Gasteiger partial charge on any atom is -0.469 e. The van der Waals surface area contributed by atoms with E-state index in [-0.39, 0.29) is 12.4 Å². The summed E-state index contributed by atoms with van der Waals surface area (Å²) < 4.78 is 4.59. The van der Waals surface area contributed by atoms with Crippen molar-refractivity contribution < 1.29 is 9.53 Å². The zero-order valence-corrected chi connectivity index (χ0v) is 12.1. The van der Waals surface area contributed by atoms with E-state index < -0.39 is 0 Å². The van der Waals surface area contributed by atoms with Crippen molar-refractivity contribution in [1.29, 1.82) is 0 Å². The van der Waals surface area contributed by atoms with Gasteiger partial charge in [-0.1, -0.05) is 24.3 Å². The summed E-state index contributed by atoms with van der Waals surface area (Å²) in [5.41, 5.74) is 5.74. The molecule has 6 heteroatoms. The third-order valence-electron chi connectivity index (χ3n) is 2.66. The van der Waals surface area contributed by atoms with Crippen LogP contribution < -0.4 is 5.43 Å². The summed E-state index contributed by atoms with van der Waals surface area (Å²) in [6.45, 7) is 2.03. The van der Waals surface area contributed by atoms with Crippen LogP contribution in [0.25, 0.3) is 0 Å². The quantitative estimate of drug-likeness (QED) is 0.522. The van der Waals surface area contributed by atoms with Gasteiger partial charge in [0.25, 0.3) is 0 Å². The van der Waals surface area contributed by atoms with Crippen molar-refractivity contribution in [3.8, 4) is 0 Å². The van der Waals surface area contributed by atoms with Crippen LogP contribution in [0.2, 0.25) is 0 Å². The van der Waals surface area contributed by atoms with Crippen LogP contribution in [-0.2, 0) is 16.0 Å². The number of thiazole rings is 1. The molecule has 2 aromatic rings. The molecule has 0 unspecified atom stereocenters. The first-order valence-electron chi connectivity index (χ1n) is 6.05. The molecule has 0 aliphatic rings. The molecule has 1 aromatic carbocycles. The third-order valence-corrected chi connectivity index (χ3v) is 3.45. The molecule has 20 heavy (non-hydrogen) atoms. The van der Waals surface area contributed by atoms with Gasteiger partial charge in [0, 0.05) is 5.38 Å². The Bertz CT molecular complexity index is 622. The van der Waals surface area contributed by atoms with Crippen molar-refractivity contribution in [2.75, 3.05) is 12.5 Å². The lowest BCUT2D eigenvalue weighted by Crippen LogP contribution is -2.04. The number of nitrogens with zero attached hydrogens (tertiary/aromatic N) is 2. The molecule has 0 aliphatic heterocycles. The van der Waals surface area contributed by atoms with Gasteiger partial charge in [0.15, 0.2) is 0 Å². The summed E-state index contributed by atoms with van der Waals surface area (Å²) in [6, 6.07) is 7.97. The topological polar surface area (TPSA) is 63.6 Å². The van der Waals surface area contributed by atoms with E-state index in [1.165, 1.54) is 18.4 Å². The molecule has 1 N–H and O–H groups in total. The fourth-order valence-corrected chi connectivity index (χ4v) is 2.21. The number of hydrazone groups is 1. The summed E-state index contributed by atoms with van der Waals surface area (Å²) in [6.07, 6.45) is 1.92. The summed E-state index contributed by atoms with van der Waals surface area (Å²) in [5, 5.41) is 6.60. The maximum absolute atomic E-state index is 11.1. The molecule has 0 bridgehead atoms. The van der Waals surface area contributed by atoms with E-state index in [9.17, 15) is 4.79 Å². The van der Waals surface area contributed by atoms with Crippen molar-refractivity contribution in [2.45, 2.75) is 13.3 Å². The number of methoxy groups -OCH3 is 1. The smallest absolute Gasteiger partial charge is 0.311 e. The first-order chi connectivity index (χ1) is 9.69. The Morgan fingerprint density at radius 3 is 3.05 bits per heavy atom. The number of esters is 1. The number of ether oxygens (including phenoxy) is 1. The average molecular weight is 289 g/mol. The molecule has 2 rings (SSSR count). The molecule has 0 atom stereocenters. The van der Waals surface area contributed by atoms with Gasteiger partial charge in [-0.2, -0.15) is 5.10 Å². The summed E-state index contributed by atoms with van der Waals surface area (Å²) in [4.78, 5) is 15.4. The van der Waals surface area contributed by atoms with Gasteiger partial charge in [0.2, 0.25) is 5.13 Å². The van der Waals surface area contributed by atoms with E-state index in [1.54, 1.807) is 6.21 Å². The van der Waals surface area contributed by atoms with Crippen LogP contribution in [0, 0.1) is 6.92 Å². The molecule has 0 spiro atoms. The maximum atomic E-state index is 11.1. The van der Waals surface area contributed by atoms with Crippen molar-refractivity contribution in [3.05, 3.63) is 46.5 Å². The minimum atomic E-state index is -0.301. The van der Waals surface area contributed by atoms with Crippen LogP contribution in [0.5, 0.6) is 0 Å². The molecule has 1 heterocycles. The SMILES string of the molecule is COC(=O)Cc1csc(N/N=C\c2ccccc2C)n1. The van der Waals surface area contributed by atoms with Gasteiger partial charge < -0.3 is 4.74 Å². The maximum Gasteiger partial charge on any atom is 0.311 e. The van der Waals surface area contributed by atoms with Crippen molar-refractivity contribution in [1.82, 2.24) is 4.98 Å². The van der Waals surface area contributed by atoms with Crippen LogP contribution in [-0.4, -0.2) is 24.3 Å². The van der Waals surface area contributed by atoms with Crippen LogP contribution in [0.15, 0.2) is 34.7 Å². The van der Waals surface area contributed by atoms with Gasteiger partial charge in [-0.3, -0.25) is 10.2 Å². The molecule has 0 fully saturated rings. The van der Waals surface area contributed by atoms with Crippen molar-refractivity contribution in [3.63, 3.8) is 0 Å². The fraction of sp³-hybridized carbons (Fsp3) is 0.214. The predicted octanol–water partition coefficient (Wildman–Crippen LogP) is 2.61. The lowest BCUT2D eigenvalue weighted by atomic mass is 10.1. The molecule has 0 amide bonds. The first kappa shape index (κ1) is 14.2. The third kappa shape index (κ3) is 3.89. The Labute approximate surface area is 121 Å². The van der Waals surface area contributed by atoms with Crippen LogP contribution >= 0.6 is 11.3 Å². The molecule has 0 aliphatic carbocycles. The van der Waals surface area contributed by atoms with Gasteiger partial charge in [-0.05, 0) is 18.1 Å². The Hall–Kier alpha value is -2.21. The second-order valence-corrected chi connectivity index (χ2v) is 4.98. The van der Waals surface area contributed by atoms with E-state index >= 15 is 0 Å². The van der Waals surface area contributed by atoms with Gasteiger partial charge in [0.1, 0.15) is 0 Å². The van der Waals surface area contributed by atoms with E-state index in [2.05, 4.69) is 20.2 Å².